The van der Waals surface area contributed by atoms with Crippen LogP contribution in [-0.2, 0) is 30.5 Å². The highest BCUT2D eigenvalue weighted by atomic mass is 16.5. The Labute approximate surface area is 156 Å². The van der Waals surface area contributed by atoms with Gasteiger partial charge in [0, 0.05) is 18.8 Å². The van der Waals surface area contributed by atoms with E-state index in [-0.39, 0.29) is 31.2 Å². The van der Waals surface area contributed by atoms with Crippen LogP contribution in [0.4, 0.5) is 0 Å². The molecular weight excluding hydrogens is 332 g/mol. The number of esters is 1. The molecule has 0 spiro atoms. The van der Waals surface area contributed by atoms with E-state index in [1.807, 2.05) is 37.3 Å². The second-order valence-electron chi connectivity index (χ2n) is 6.47. The average molecular weight is 362 g/mol. The zero-order valence-electron chi connectivity index (χ0n) is 16.0. The third-order valence-corrected chi connectivity index (χ3v) is 4.13. The predicted molar refractivity (Wildman–Crippen MR) is 99.5 cm³/mol. The summed E-state index contributed by atoms with van der Waals surface area (Å²) < 4.78 is 10.8. The summed E-state index contributed by atoms with van der Waals surface area (Å²) in [6.45, 7) is 5.89. The third kappa shape index (κ3) is 7.91. The average Bonchev–Trinajstić information content (AvgIpc) is 2.60. The summed E-state index contributed by atoms with van der Waals surface area (Å²) in [5.41, 5.74) is 0.999. The molecule has 2 atom stereocenters. The molecule has 0 bridgehead atoms. The number of hydrogen-bond donors (Lipinski definition) is 0. The summed E-state index contributed by atoms with van der Waals surface area (Å²) in [6, 6.07) is 9.64. The molecule has 0 N–H and O–H groups in total. The monoisotopic (exact) mass is 362 g/mol. The van der Waals surface area contributed by atoms with Gasteiger partial charge >= 0.3 is 5.97 Å². The Balaban J connectivity index is 2.84. The Kier molecular flexibility index (Phi) is 10.5. The number of hydrogen-bond acceptors (Lipinski definition) is 5. The minimum absolute atomic E-state index is 0.0732. The molecule has 5 nitrogen and oxygen atoms in total. The molecule has 0 aliphatic heterocycles. The van der Waals surface area contributed by atoms with Crippen molar-refractivity contribution in [2.75, 3.05) is 13.2 Å². The summed E-state index contributed by atoms with van der Waals surface area (Å²) in [5, 5.41) is 0. The molecule has 1 aromatic rings. The van der Waals surface area contributed by atoms with E-state index in [2.05, 4.69) is 0 Å². The molecule has 0 aromatic heterocycles. The molecule has 0 aliphatic rings. The van der Waals surface area contributed by atoms with E-state index >= 15 is 0 Å². The maximum atomic E-state index is 12.6. The second kappa shape index (κ2) is 12.4. The number of Topliss-reactive ketones (excluding diaryl/α,β-unsaturated/α-hetero) is 2. The van der Waals surface area contributed by atoms with E-state index < -0.39 is 17.8 Å². The Bertz CT molecular complexity index is 567. The van der Waals surface area contributed by atoms with Crippen LogP contribution in [0.15, 0.2) is 30.3 Å². The predicted octanol–water partition coefficient (Wildman–Crippen LogP) is 3.74. The van der Waals surface area contributed by atoms with E-state index in [1.165, 1.54) is 6.92 Å². The van der Waals surface area contributed by atoms with Gasteiger partial charge < -0.3 is 14.3 Å². The van der Waals surface area contributed by atoms with E-state index in [1.54, 1.807) is 6.92 Å². The number of carbonyl (C=O) groups excluding carboxylic acids is 3. The van der Waals surface area contributed by atoms with Crippen LogP contribution in [0.2, 0.25) is 0 Å². The lowest BCUT2D eigenvalue weighted by Crippen LogP contribution is -2.36. The molecular formula is C21H30O5. The van der Waals surface area contributed by atoms with Gasteiger partial charge in [0.1, 0.15) is 17.5 Å². The maximum Gasteiger partial charge on any atom is 0.316 e. The minimum atomic E-state index is -0.943. The van der Waals surface area contributed by atoms with Crippen molar-refractivity contribution >= 4 is 17.5 Å². The van der Waals surface area contributed by atoms with Gasteiger partial charge in [0.05, 0.1) is 19.8 Å². The van der Waals surface area contributed by atoms with Gasteiger partial charge in [-0.05, 0) is 25.8 Å². The van der Waals surface area contributed by atoms with Crippen LogP contribution in [0.3, 0.4) is 0 Å². The van der Waals surface area contributed by atoms with Gasteiger partial charge in [0.2, 0.25) is 0 Å². The third-order valence-electron chi connectivity index (χ3n) is 4.13. The highest BCUT2D eigenvalue weighted by Crippen LogP contribution is 2.23. The van der Waals surface area contributed by atoms with Gasteiger partial charge in [-0.1, -0.05) is 43.7 Å². The van der Waals surface area contributed by atoms with Gasteiger partial charge in [0.25, 0.3) is 0 Å². The first kappa shape index (κ1) is 22.0. The summed E-state index contributed by atoms with van der Waals surface area (Å²) in [7, 11) is 0. The topological polar surface area (TPSA) is 69.7 Å². The van der Waals surface area contributed by atoms with Gasteiger partial charge in [0.15, 0.2) is 0 Å². The lowest BCUT2D eigenvalue weighted by Gasteiger charge is -2.24. The molecule has 0 saturated heterocycles. The fraction of sp³-hybridized carbons (Fsp3) is 0.571. The molecule has 0 saturated carbocycles. The lowest BCUT2D eigenvalue weighted by molar-refractivity contribution is -0.155. The van der Waals surface area contributed by atoms with Crippen molar-refractivity contribution in [3.8, 4) is 0 Å². The number of carbonyl (C=O) groups is 3. The smallest absolute Gasteiger partial charge is 0.316 e. The van der Waals surface area contributed by atoms with Crippen molar-refractivity contribution in [2.24, 2.45) is 11.8 Å². The summed E-state index contributed by atoms with van der Waals surface area (Å²) in [6.07, 6.45) is 2.01. The summed E-state index contributed by atoms with van der Waals surface area (Å²) >= 11 is 0. The first-order chi connectivity index (χ1) is 12.5. The Morgan fingerprint density at radius 3 is 2.35 bits per heavy atom. The van der Waals surface area contributed by atoms with E-state index in [4.69, 9.17) is 9.47 Å². The Hall–Kier alpha value is -2.01. The number of ketones is 2. The van der Waals surface area contributed by atoms with Gasteiger partial charge in [-0.15, -0.1) is 0 Å². The molecule has 1 rings (SSSR count). The summed E-state index contributed by atoms with van der Waals surface area (Å²) in [4.78, 5) is 36.7. The van der Waals surface area contributed by atoms with E-state index in [0.29, 0.717) is 19.4 Å². The molecule has 0 heterocycles. The van der Waals surface area contributed by atoms with Crippen LogP contribution in [-0.4, -0.2) is 30.7 Å². The van der Waals surface area contributed by atoms with Crippen LogP contribution in [0.1, 0.15) is 52.0 Å². The zero-order chi connectivity index (χ0) is 19.4. The van der Waals surface area contributed by atoms with Crippen LogP contribution in [0, 0.1) is 11.8 Å². The fourth-order valence-electron chi connectivity index (χ4n) is 2.87. The van der Waals surface area contributed by atoms with Crippen molar-refractivity contribution in [2.45, 2.75) is 53.1 Å². The van der Waals surface area contributed by atoms with Crippen molar-refractivity contribution in [3.05, 3.63) is 35.9 Å². The van der Waals surface area contributed by atoms with E-state index in [9.17, 15) is 14.4 Å². The molecule has 0 fully saturated rings. The quantitative estimate of drug-likeness (QED) is 0.395. The van der Waals surface area contributed by atoms with Crippen LogP contribution >= 0.6 is 0 Å². The van der Waals surface area contributed by atoms with Crippen molar-refractivity contribution in [3.63, 3.8) is 0 Å². The molecule has 26 heavy (non-hydrogen) atoms. The molecule has 5 heteroatoms. The van der Waals surface area contributed by atoms with E-state index in [0.717, 1.165) is 12.0 Å². The number of unbranched alkanes of at least 4 members (excludes halogenated alkanes) is 1. The number of ether oxygens (including phenoxy) is 2. The standard InChI is InChI=1S/C21H30O5/c1-4-6-12-19(23)20(21(24)26-5-2)18(13-16(3)22)15-25-14-17-10-8-7-9-11-17/h7-11,18,20H,4-6,12-15H2,1-3H3. The SMILES string of the molecule is CCCCC(=O)C(C(=O)OCC)C(COCc1ccccc1)CC(C)=O. The van der Waals surface area contributed by atoms with Crippen LogP contribution in [0.25, 0.3) is 0 Å². The van der Waals surface area contributed by atoms with Gasteiger partial charge in [-0.2, -0.15) is 0 Å². The first-order valence-corrected chi connectivity index (χ1v) is 9.30. The second-order valence-corrected chi connectivity index (χ2v) is 6.47. The van der Waals surface area contributed by atoms with Crippen molar-refractivity contribution in [1.82, 2.24) is 0 Å². The molecule has 0 amide bonds. The minimum Gasteiger partial charge on any atom is -0.465 e. The molecule has 1 aromatic carbocycles. The van der Waals surface area contributed by atoms with Gasteiger partial charge in [-0.3, -0.25) is 9.59 Å². The Morgan fingerprint density at radius 2 is 1.77 bits per heavy atom. The number of benzene rings is 1. The normalized spacial score (nSPS) is 13.0. The fourth-order valence-corrected chi connectivity index (χ4v) is 2.87. The van der Waals surface area contributed by atoms with Crippen molar-refractivity contribution in [1.29, 1.82) is 0 Å². The molecule has 144 valence electrons. The first-order valence-electron chi connectivity index (χ1n) is 9.30. The lowest BCUT2D eigenvalue weighted by atomic mass is 9.84. The highest BCUT2D eigenvalue weighted by Gasteiger charge is 2.36. The van der Waals surface area contributed by atoms with Crippen LogP contribution < -0.4 is 0 Å². The maximum absolute atomic E-state index is 12.6. The van der Waals surface area contributed by atoms with Gasteiger partial charge in [-0.25, -0.2) is 0 Å². The van der Waals surface area contributed by atoms with Crippen LogP contribution in [0.5, 0.6) is 0 Å². The zero-order valence-corrected chi connectivity index (χ0v) is 16.0. The molecule has 2 unspecified atom stereocenters. The highest BCUT2D eigenvalue weighted by molar-refractivity contribution is 5.99. The van der Waals surface area contributed by atoms with Crippen molar-refractivity contribution < 1.29 is 23.9 Å². The number of rotatable bonds is 13. The molecule has 0 aliphatic carbocycles. The largest absolute Gasteiger partial charge is 0.465 e. The molecule has 0 radical (unpaired) electrons. The Morgan fingerprint density at radius 1 is 1.08 bits per heavy atom. The summed E-state index contributed by atoms with van der Waals surface area (Å²) in [5.74, 6) is -2.24.